The molecule has 4 rings (SSSR count). The van der Waals surface area contributed by atoms with Gasteiger partial charge in [-0.2, -0.15) is 0 Å². The van der Waals surface area contributed by atoms with Crippen LogP contribution in [0.2, 0.25) is 0 Å². The van der Waals surface area contributed by atoms with E-state index in [0.717, 1.165) is 25.7 Å². The molecular formula is C20H20N2O6S. The highest BCUT2D eigenvalue weighted by atomic mass is 32.1. The quantitative estimate of drug-likeness (QED) is 0.582. The first-order chi connectivity index (χ1) is 14.1. The van der Waals surface area contributed by atoms with Gasteiger partial charge in [-0.15, -0.1) is 11.3 Å². The predicted octanol–water partition coefficient (Wildman–Crippen LogP) is 1.77. The van der Waals surface area contributed by atoms with Crippen LogP contribution in [0, 0.1) is 0 Å². The van der Waals surface area contributed by atoms with Crippen molar-refractivity contribution < 1.29 is 28.6 Å². The maximum atomic E-state index is 12.2. The maximum absolute atomic E-state index is 12.2. The van der Waals surface area contributed by atoms with Crippen LogP contribution in [-0.4, -0.2) is 37.1 Å². The van der Waals surface area contributed by atoms with E-state index < -0.39 is 30.5 Å². The van der Waals surface area contributed by atoms with Gasteiger partial charge < -0.3 is 14.2 Å². The van der Waals surface area contributed by atoms with E-state index in [1.807, 2.05) is 6.07 Å². The molecule has 1 aliphatic heterocycles. The monoisotopic (exact) mass is 416 g/mol. The van der Waals surface area contributed by atoms with Gasteiger partial charge in [-0.3, -0.25) is 20.4 Å². The molecule has 0 spiro atoms. The molecule has 2 aromatic rings. The third kappa shape index (κ3) is 4.51. The van der Waals surface area contributed by atoms with Gasteiger partial charge in [0.25, 0.3) is 11.8 Å². The Labute approximate surface area is 171 Å². The van der Waals surface area contributed by atoms with Crippen LogP contribution in [-0.2, 0) is 27.2 Å². The smallest absolute Gasteiger partial charge is 0.348 e. The fourth-order valence-corrected chi connectivity index (χ4v) is 4.34. The molecular weight excluding hydrogens is 396 g/mol. The molecule has 2 N–H and O–H groups in total. The zero-order chi connectivity index (χ0) is 20.2. The lowest BCUT2D eigenvalue weighted by Gasteiger charge is -2.25. The Morgan fingerprint density at radius 3 is 2.72 bits per heavy atom. The van der Waals surface area contributed by atoms with Gasteiger partial charge in [0.15, 0.2) is 18.1 Å². The van der Waals surface area contributed by atoms with Gasteiger partial charge in [-0.05, 0) is 49.4 Å². The number of carbonyl (C=O) groups is 3. The highest BCUT2D eigenvalue weighted by Gasteiger charge is 2.27. The van der Waals surface area contributed by atoms with E-state index in [1.165, 1.54) is 21.8 Å². The molecule has 2 aliphatic rings. The summed E-state index contributed by atoms with van der Waals surface area (Å²) in [5.41, 5.74) is 5.66. The fraction of sp³-hybridized carbons (Fsp3) is 0.350. The van der Waals surface area contributed by atoms with E-state index in [-0.39, 0.29) is 6.61 Å². The summed E-state index contributed by atoms with van der Waals surface area (Å²) in [6.07, 6.45) is 3.32. The summed E-state index contributed by atoms with van der Waals surface area (Å²) in [4.78, 5) is 37.9. The summed E-state index contributed by atoms with van der Waals surface area (Å²) in [6.45, 7) is -0.469. The second kappa shape index (κ2) is 8.52. The summed E-state index contributed by atoms with van der Waals surface area (Å²) < 4.78 is 16.1. The van der Waals surface area contributed by atoms with E-state index in [0.29, 0.717) is 16.4 Å². The second-order valence-corrected chi connectivity index (χ2v) is 7.88. The van der Waals surface area contributed by atoms with Gasteiger partial charge in [-0.25, -0.2) is 4.79 Å². The first-order valence-electron chi connectivity index (χ1n) is 9.36. The Morgan fingerprint density at radius 2 is 1.90 bits per heavy atom. The van der Waals surface area contributed by atoms with Crippen LogP contribution in [0.1, 0.15) is 33.0 Å². The Bertz CT molecular complexity index is 917. The molecule has 152 valence electrons. The third-order valence-corrected chi connectivity index (χ3v) is 5.88. The minimum atomic E-state index is -0.898. The minimum absolute atomic E-state index is 0.0246. The number of para-hydroxylation sites is 2. The summed E-state index contributed by atoms with van der Waals surface area (Å²) in [5, 5.41) is 0. The second-order valence-electron chi connectivity index (χ2n) is 6.74. The van der Waals surface area contributed by atoms with E-state index in [2.05, 4.69) is 10.9 Å². The summed E-state index contributed by atoms with van der Waals surface area (Å²) in [5.74, 6) is -0.734. The molecule has 1 atom stereocenters. The van der Waals surface area contributed by atoms with Crippen molar-refractivity contribution in [2.24, 2.45) is 0 Å². The number of benzene rings is 1. The molecule has 9 heteroatoms. The zero-order valence-electron chi connectivity index (χ0n) is 15.6. The molecule has 0 unspecified atom stereocenters. The van der Waals surface area contributed by atoms with Gasteiger partial charge in [0, 0.05) is 4.88 Å². The molecule has 0 saturated carbocycles. The van der Waals surface area contributed by atoms with E-state index in [4.69, 9.17) is 14.2 Å². The van der Waals surface area contributed by atoms with E-state index >= 15 is 0 Å². The highest BCUT2D eigenvalue weighted by molar-refractivity contribution is 7.14. The van der Waals surface area contributed by atoms with Crippen LogP contribution in [0.3, 0.4) is 0 Å². The summed E-state index contributed by atoms with van der Waals surface area (Å²) >= 11 is 1.42. The number of fused-ring (bicyclic) bond motifs is 2. The zero-order valence-corrected chi connectivity index (χ0v) is 16.4. The SMILES string of the molecule is O=C(COC(=O)c1cc2c(s1)CCCC2)NNC(=O)[C@@H]1COc2ccccc2O1. The highest BCUT2D eigenvalue weighted by Crippen LogP contribution is 2.31. The molecule has 8 nitrogen and oxygen atoms in total. The largest absolute Gasteiger partial charge is 0.485 e. The first kappa shape index (κ1) is 19.3. The van der Waals surface area contributed by atoms with Crippen LogP contribution < -0.4 is 20.3 Å². The lowest BCUT2D eigenvalue weighted by atomic mass is 9.99. The van der Waals surface area contributed by atoms with Crippen molar-refractivity contribution in [2.75, 3.05) is 13.2 Å². The molecule has 2 amide bonds. The lowest BCUT2D eigenvalue weighted by Crippen LogP contribution is -2.51. The topological polar surface area (TPSA) is 103 Å². The number of ether oxygens (including phenoxy) is 3. The molecule has 0 saturated heterocycles. The van der Waals surface area contributed by atoms with Crippen molar-refractivity contribution in [1.82, 2.24) is 10.9 Å². The van der Waals surface area contributed by atoms with Crippen LogP contribution in [0.15, 0.2) is 30.3 Å². The minimum Gasteiger partial charge on any atom is -0.485 e. The predicted molar refractivity (Wildman–Crippen MR) is 104 cm³/mol. The number of hydrogen-bond donors (Lipinski definition) is 2. The van der Waals surface area contributed by atoms with Crippen LogP contribution >= 0.6 is 11.3 Å². The molecule has 2 heterocycles. The fourth-order valence-electron chi connectivity index (χ4n) is 3.19. The average molecular weight is 416 g/mol. The number of aryl methyl sites for hydroxylation is 2. The number of amides is 2. The summed E-state index contributed by atoms with van der Waals surface area (Å²) in [7, 11) is 0. The Kier molecular flexibility index (Phi) is 5.66. The number of hydrogen-bond acceptors (Lipinski definition) is 7. The van der Waals surface area contributed by atoms with Crippen LogP contribution in [0.4, 0.5) is 0 Å². The molecule has 1 aromatic heterocycles. The molecule has 0 bridgehead atoms. The number of thiophene rings is 1. The Balaban J connectivity index is 1.21. The van der Waals surface area contributed by atoms with E-state index in [9.17, 15) is 14.4 Å². The van der Waals surface area contributed by atoms with Gasteiger partial charge in [-0.1, -0.05) is 12.1 Å². The number of esters is 1. The number of nitrogens with one attached hydrogen (secondary N) is 2. The van der Waals surface area contributed by atoms with Gasteiger partial charge in [0.1, 0.15) is 11.5 Å². The maximum Gasteiger partial charge on any atom is 0.348 e. The van der Waals surface area contributed by atoms with Gasteiger partial charge >= 0.3 is 5.97 Å². The van der Waals surface area contributed by atoms with E-state index in [1.54, 1.807) is 24.3 Å². The average Bonchev–Trinajstić information content (AvgIpc) is 3.20. The molecule has 1 aliphatic carbocycles. The standard InChI is InChI=1S/C20H20N2O6S/c23-18(11-27-20(25)17-9-12-5-1-4-8-16(12)29-17)21-22-19(24)15-10-26-13-6-2-3-7-14(13)28-15/h2-3,6-7,9,15H,1,4-5,8,10-11H2,(H,21,23)(H,22,24)/t15-/m0/s1. The summed E-state index contributed by atoms with van der Waals surface area (Å²) in [6, 6.07) is 8.84. The van der Waals surface area contributed by atoms with Crippen molar-refractivity contribution in [3.63, 3.8) is 0 Å². The van der Waals surface area contributed by atoms with Crippen molar-refractivity contribution in [3.8, 4) is 11.5 Å². The Morgan fingerprint density at radius 1 is 1.10 bits per heavy atom. The van der Waals surface area contributed by atoms with Crippen molar-refractivity contribution in [1.29, 1.82) is 0 Å². The van der Waals surface area contributed by atoms with Crippen molar-refractivity contribution >= 4 is 29.1 Å². The van der Waals surface area contributed by atoms with Crippen LogP contribution in [0.5, 0.6) is 11.5 Å². The third-order valence-electron chi connectivity index (χ3n) is 4.66. The number of hydrazine groups is 1. The normalized spacial score (nSPS) is 17.0. The Hall–Kier alpha value is -3.07. The lowest BCUT2D eigenvalue weighted by molar-refractivity contribution is -0.135. The number of rotatable bonds is 4. The van der Waals surface area contributed by atoms with Crippen molar-refractivity contribution in [2.45, 2.75) is 31.8 Å². The first-order valence-corrected chi connectivity index (χ1v) is 10.2. The molecule has 29 heavy (non-hydrogen) atoms. The molecule has 0 fully saturated rings. The molecule has 0 radical (unpaired) electrons. The number of carbonyl (C=O) groups excluding carboxylic acids is 3. The van der Waals surface area contributed by atoms with Gasteiger partial charge in [0.2, 0.25) is 6.10 Å². The van der Waals surface area contributed by atoms with Gasteiger partial charge in [0.05, 0.1) is 0 Å². The van der Waals surface area contributed by atoms with Crippen molar-refractivity contribution in [3.05, 3.63) is 45.6 Å². The molecule has 1 aromatic carbocycles. The van der Waals surface area contributed by atoms with Crippen LogP contribution in [0.25, 0.3) is 0 Å².